The van der Waals surface area contributed by atoms with E-state index in [0.717, 1.165) is 12.1 Å². The molecule has 1 fully saturated rings. The Morgan fingerprint density at radius 2 is 1.93 bits per heavy atom. The minimum Gasteiger partial charge on any atom is -0.379 e. The van der Waals surface area contributed by atoms with Crippen molar-refractivity contribution in [2.45, 2.75) is 32.5 Å². The lowest BCUT2D eigenvalue weighted by atomic mass is 10.0. The Bertz CT molecular complexity index is 815. The molecule has 1 aromatic rings. The number of hydrogen-bond donors (Lipinski definition) is 1. The summed E-state index contributed by atoms with van der Waals surface area (Å²) in [5.41, 5.74) is -1.87. The van der Waals surface area contributed by atoms with E-state index in [1.165, 1.54) is 0 Å². The van der Waals surface area contributed by atoms with Crippen LogP contribution in [0.1, 0.15) is 25.8 Å². The predicted octanol–water partition coefficient (Wildman–Crippen LogP) is 3.11. The Hall–Kier alpha value is -2.87. The van der Waals surface area contributed by atoms with Gasteiger partial charge in [0.15, 0.2) is 0 Å². The first kappa shape index (κ1) is 23.4. The number of alkyl halides is 3. The molecule has 1 amide bonds. The van der Waals surface area contributed by atoms with Crippen LogP contribution in [-0.4, -0.2) is 59.4 Å². The quantitative estimate of drug-likeness (QED) is 0.530. The van der Waals surface area contributed by atoms with Gasteiger partial charge < -0.3 is 10.2 Å². The average molecular weight is 427 g/mol. The van der Waals surface area contributed by atoms with E-state index in [1.807, 2.05) is 18.7 Å². The van der Waals surface area contributed by atoms with Crippen LogP contribution in [0.4, 0.5) is 24.5 Å². The van der Waals surface area contributed by atoms with Crippen molar-refractivity contribution >= 4 is 17.3 Å². The van der Waals surface area contributed by atoms with Crippen molar-refractivity contribution in [1.29, 1.82) is 5.26 Å². The normalized spacial score (nSPS) is 16.2. The largest absolute Gasteiger partial charge is 0.416 e. The van der Waals surface area contributed by atoms with Gasteiger partial charge in [-0.1, -0.05) is 13.8 Å². The zero-order valence-corrected chi connectivity index (χ0v) is 16.8. The molecule has 1 unspecified atom stereocenters. The number of nitriles is 1. The van der Waals surface area contributed by atoms with Crippen molar-refractivity contribution in [3.05, 3.63) is 33.9 Å². The summed E-state index contributed by atoms with van der Waals surface area (Å²) in [5.74, 6) is 0.0238. The van der Waals surface area contributed by atoms with Gasteiger partial charge in [0, 0.05) is 45.2 Å². The number of benzene rings is 1. The van der Waals surface area contributed by atoms with Gasteiger partial charge in [-0.2, -0.15) is 18.4 Å². The molecule has 0 aliphatic carbocycles. The van der Waals surface area contributed by atoms with Crippen LogP contribution in [0.3, 0.4) is 0 Å². The predicted molar refractivity (Wildman–Crippen MR) is 104 cm³/mol. The molecule has 164 valence electrons. The summed E-state index contributed by atoms with van der Waals surface area (Å²) in [7, 11) is 0. The van der Waals surface area contributed by atoms with Crippen LogP contribution in [0.5, 0.6) is 0 Å². The lowest BCUT2D eigenvalue weighted by Gasteiger charge is -2.38. The molecule has 1 N–H and O–H groups in total. The summed E-state index contributed by atoms with van der Waals surface area (Å²) in [5, 5.41) is 23.1. The third-order valence-electron chi connectivity index (χ3n) is 5.00. The molecule has 0 spiro atoms. The van der Waals surface area contributed by atoms with Gasteiger partial charge >= 0.3 is 6.18 Å². The smallest absolute Gasteiger partial charge is 0.379 e. The summed E-state index contributed by atoms with van der Waals surface area (Å²) in [6.45, 7) is 6.11. The van der Waals surface area contributed by atoms with Crippen molar-refractivity contribution in [3.8, 4) is 6.07 Å². The maximum absolute atomic E-state index is 12.8. The SMILES string of the molecule is CC(C)C(C#N)N1CCN(C(=O)CCNc2ccc(C(F)(F)F)cc2[N+](=O)[O-])CC1. The number of carbonyl (C=O) groups is 1. The zero-order chi connectivity index (χ0) is 22.5. The molecule has 30 heavy (non-hydrogen) atoms. The van der Waals surface area contributed by atoms with Gasteiger partial charge in [-0.3, -0.25) is 19.8 Å². The second-order valence-electron chi connectivity index (χ2n) is 7.40. The van der Waals surface area contributed by atoms with E-state index in [2.05, 4.69) is 11.4 Å². The monoisotopic (exact) mass is 427 g/mol. The molecule has 1 aromatic carbocycles. The molecule has 2 rings (SSSR count). The Balaban J connectivity index is 1.90. The number of nitrogens with one attached hydrogen (secondary N) is 1. The van der Waals surface area contributed by atoms with Crippen LogP contribution >= 0.6 is 0 Å². The van der Waals surface area contributed by atoms with Crippen molar-refractivity contribution < 1.29 is 22.9 Å². The maximum atomic E-state index is 12.8. The zero-order valence-electron chi connectivity index (χ0n) is 16.8. The molecule has 1 aliphatic rings. The number of nitro benzene ring substituents is 1. The van der Waals surface area contributed by atoms with Crippen molar-refractivity contribution in [2.24, 2.45) is 5.92 Å². The van der Waals surface area contributed by atoms with E-state index in [9.17, 15) is 33.3 Å². The van der Waals surface area contributed by atoms with E-state index in [0.29, 0.717) is 32.2 Å². The number of amides is 1. The fourth-order valence-corrected chi connectivity index (χ4v) is 3.37. The summed E-state index contributed by atoms with van der Waals surface area (Å²) in [4.78, 5) is 26.3. The number of nitro groups is 1. The van der Waals surface area contributed by atoms with Crippen LogP contribution in [0.25, 0.3) is 0 Å². The summed E-state index contributed by atoms with van der Waals surface area (Å²) >= 11 is 0. The summed E-state index contributed by atoms with van der Waals surface area (Å²) in [6.07, 6.45) is -4.63. The van der Waals surface area contributed by atoms with E-state index < -0.39 is 22.4 Å². The van der Waals surface area contributed by atoms with Crippen molar-refractivity contribution in [2.75, 3.05) is 38.0 Å². The number of rotatable bonds is 7. The highest BCUT2D eigenvalue weighted by Gasteiger charge is 2.33. The summed E-state index contributed by atoms with van der Waals surface area (Å²) in [6, 6.07) is 4.31. The second-order valence-corrected chi connectivity index (χ2v) is 7.40. The Kier molecular flexibility index (Phi) is 7.61. The van der Waals surface area contributed by atoms with Gasteiger partial charge in [0.2, 0.25) is 5.91 Å². The number of hydrogen-bond acceptors (Lipinski definition) is 6. The standard InChI is InChI=1S/C19H24F3N5O3/c1-13(2)17(12-23)25-7-9-26(10-8-25)18(28)5-6-24-15-4-3-14(19(20,21)22)11-16(15)27(29)30/h3-4,11,13,17,24H,5-10H2,1-2H3. The molecule has 0 radical (unpaired) electrons. The fraction of sp³-hybridized carbons (Fsp3) is 0.579. The summed E-state index contributed by atoms with van der Waals surface area (Å²) < 4.78 is 38.3. The minimum absolute atomic E-state index is 0.0457. The maximum Gasteiger partial charge on any atom is 0.416 e. The van der Waals surface area contributed by atoms with Gasteiger partial charge in [0.25, 0.3) is 5.69 Å². The van der Waals surface area contributed by atoms with Gasteiger partial charge in [-0.25, -0.2) is 0 Å². The second kappa shape index (κ2) is 9.75. The van der Waals surface area contributed by atoms with Crippen molar-refractivity contribution in [3.63, 3.8) is 0 Å². The van der Waals surface area contributed by atoms with Crippen molar-refractivity contribution in [1.82, 2.24) is 9.80 Å². The minimum atomic E-state index is -4.68. The number of nitrogens with zero attached hydrogens (tertiary/aromatic N) is 4. The van der Waals surface area contributed by atoms with Crippen LogP contribution in [0, 0.1) is 27.4 Å². The molecule has 8 nitrogen and oxygen atoms in total. The molecule has 1 atom stereocenters. The van der Waals surface area contributed by atoms with E-state index in [4.69, 9.17) is 0 Å². The third-order valence-corrected chi connectivity index (χ3v) is 5.00. The highest BCUT2D eigenvalue weighted by Crippen LogP contribution is 2.34. The Labute approximate surface area is 172 Å². The Morgan fingerprint density at radius 1 is 1.30 bits per heavy atom. The molecule has 1 saturated heterocycles. The van der Waals surface area contributed by atoms with E-state index in [1.54, 1.807) is 4.90 Å². The number of anilines is 1. The van der Waals surface area contributed by atoms with Gasteiger partial charge in [-0.05, 0) is 18.1 Å². The average Bonchev–Trinajstić information content (AvgIpc) is 2.68. The first-order valence-electron chi connectivity index (χ1n) is 9.55. The van der Waals surface area contributed by atoms with Gasteiger partial charge in [0.05, 0.1) is 16.6 Å². The van der Waals surface area contributed by atoms with Crippen LogP contribution < -0.4 is 5.32 Å². The number of halogens is 3. The molecule has 11 heteroatoms. The van der Waals surface area contributed by atoms with Crippen LogP contribution in [0.2, 0.25) is 0 Å². The first-order valence-corrected chi connectivity index (χ1v) is 9.55. The van der Waals surface area contributed by atoms with Crippen LogP contribution in [0.15, 0.2) is 18.2 Å². The molecular weight excluding hydrogens is 403 g/mol. The lowest BCUT2D eigenvalue weighted by molar-refractivity contribution is -0.384. The topological polar surface area (TPSA) is 103 Å². The van der Waals surface area contributed by atoms with Gasteiger partial charge in [0.1, 0.15) is 11.7 Å². The van der Waals surface area contributed by atoms with E-state index in [-0.39, 0.29) is 36.5 Å². The molecule has 1 aliphatic heterocycles. The molecule has 0 saturated carbocycles. The highest BCUT2D eigenvalue weighted by atomic mass is 19.4. The first-order chi connectivity index (χ1) is 14.0. The third kappa shape index (κ3) is 5.82. The lowest BCUT2D eigenvalue weighted by Crippen LogP contribution is -2.53. The fourth-order valence-electron chi connectivity index (χ4n) is 3.37. The molecule has 0 aromatic heterocycles. The molecular formula is C19H24F3N5O3. The van der Waals surface area contributed by atoms with Gasteiger partial charge in [-0.15, -0.1) is 0 Å². The number of piperazine rings is 1. The van der Waals surface area contributed by atoms with E-state index >= 15 is 0 Å². The van der Waals surface area contributed by atoms with Crippen LogP contribution in [-0.2, 0) is 11.0 Å². The highest BCUT2D eigenvalue weighted by molar-refractivity contribution is 5.77. The number of carbonyl (C=O) groups excluding carboxylic acids is 1. The molecule has 1 heterocycles. The molecule has 0 bridgehead atoms. The Morgan fingerprint density at radius 3 is 2.43 bits per heavy atom.